The Hall–Kier alpha value is -11.1. The van der Waals surface area contributed by atoms with Gasteiger partial charge in [-0.3, -0.25) is 5.41 Å². The monoisotopic (exact) mass is 923 g/mol. The lowest BCUT2D eigenvalue weighted by atomic mass is 10.7. The van der Waals surface area contributed by atoms with Gasteiger partial charge in [-0.25, -0.2) is 4.79 Å². The van der Waals surface area contributed by atoms with E-state index in [9.17, 15) is 0 Å². The number of ether oxygens (including phenoxy) is 1. The molecule has 0 saturated carbocycles. The zero-order valence-corrected chi connectivity index (χ0v) is 42.3. The van der Waals surface area contributed by atoms with Gasteiger partial charge in [0.2, 0.25) is 0 Å². The first-order valence-corrected chi connectivity index (χ1v) is 15.7. The number of hydrogen-bond acceptors (Lipinski definition) is 6. The molecule has 0 aromatic rings. The first-order valence-electron chi connectivity index (χ1n) is 15.7. The van der Waals surface area contributed by atoms with Crippen molar-refractivity contribution in [1.82, 2.24) is 0 Å². The highest BCUT2D eigenvalue weighted by molar-refractivity contribution is 5.45. The molecule has 0 aliphatic heterocycles. The quantitative estimate of drug-likeness (QED) is 0.0518. The van der Waals surface area contributed by atoms with E-state index in [0.29, 0.717) is 0 Å². The van der Waals surface area contributed by atoms with Crippen LogP contribution in [-0.4, -0.2) is 25.4 Å². The second-order valence-electron chi connectivity index (χ2n) is 4.00. The van der Waals surface area contributed by atoms with Crippen molar-refractivity contribution in [2.75, 3.05) is 0 Å². The van der Waals surface area contributed by atoms with Crippen LogP contribution in [0.4, 0.5) is 0 Å². The van der Waals surface area contributed by atoms with Crippen LogP contribution in [-0.2, 0) is 19.1 Å². The van der Waals surface area contributed by atoms with E-state index in [1.807, 2.05) is 25.5 Å². The molecule has 0 bridgehead atoms. The molecule has 0 aliphatic rings. The molecule has 0 saturated heterocycles. The van der Waals surface area contributed by atoms with Crippen LogP contribution in [0, 0.1) is 17.6 Å². The van der Waals surface area contributed by atoms with E-state index in [-0.39, 0.29) is 0 Å². The van der Waals surface area contributed by atoms with Gasteiger partial charge in [-0.15, -0.1) is 170 Å². The highest BCUT2D eigenvalue weighted by Crippen LogP contribution is 1.65. The molecule has 0 rings (SSSR count). The highest BCUT2D eigenvalue weighted by Gasteiger charge is 1.55. The van der Waals surface area contributed by atoms with Crippen LogP contribution in [0.1, 0.15) is 0 Å². The van der Waals surface area contributed by atoms with Gasteiger partial charge in [-0.05, 0) is 36.9 Å². The Balaban J connectivity index is -0.0000000152. The molecular weight excluding hydrogens is 837 g/mol. The molecule has 0 atom stereocenters. The van der Waals surface area contributed by atoms with E-state index in [1.165, 1.54) is 12.2 Å². The third-order valence-corrected chi connectivity index (χ3v) is 0.676. The third kappa shape index (κ3) is 142000. The lowest BCUT2D eigenvalue weighted by Crippen LogP contribution is -1.76. The van der Waals surface area contributed by atoms with Crippen LogP contribution >= 0.6 is 0 Å². The fourth-order valence-electron chi connectivity index (χ4n) is 0.273. The summed E-state index contributed by atoms with van der Waals surface area (Å²) in [6.07, 6.45) is 3.34. The lowest BCUT2D eigenvalue weighted by molar-refractivity contribution is -0.0987. The maximum absolute atomic E-state index is 8.57. The summed E-state index contributed by atoms with van der Waals surface area (Å²) in [6.45, 7) is 123. The molecule has 0 aromatic heterocycles. The van der Waals surface area contributed by atoms with Gasteiger partial charge in [-0.1, -0.05) is 130 Å². The number of nitrogens with one attached hydrogen (secondary N) is 1. The average Bonchev–Trinajstić information content (AvgIpc) is 3.39. The molecule has 0 aliphatic carbocycles. The SMILES string of the molecule is C=C.C=C.C=C.C=C.C=C.C=C.C=C.C=C.C=C.C=C=C.C=C=C.C=C=C.C=C=C.C=C=C.C=C=C.C=C=C.C=C=C.C=C=C.C=C=C=C=C=C=C=N.C=C=C=COC#CN.C=C=O.C=O.C=O. The molecule has 368 valence electrons. The molecule has 0 spiro atoms. The van der Waals surface area contributed by atoms with Gasteiger partial charge in [0.1, 0.15) is 25.6 Å². The molecule has 0 amide bonds. The summed E-state index contributed by atoms with van der Waals surface area (Å²) in [4.78, 5) is 24.6. The summed E-state index contributed by atoms with van der Waals surface area (Å²) in [5.41, 5.74) is 41.3. The fourth-order valence-corrected chi connectivity index (χ4v) is 0.273. The minimum atomic E-state index is 1.22. The molecule has 3 N–H and O–H groups in total. The van der Waals surface area contributed by atoms with Crippen molar-refractivity contribution in [2.45, 2.75) is 0 Å². The molecule has 0 radical (unpaired) electrons. The van der Waals surface area contributed by atoms with E-state index in [2.05, 4.69) is 359 Å². The Bertz CT molecular complexity index is 1330. The molecule has 0 heterocycles. The summed E-state index contributed by atoms with van der Waals surface area (Å²) >= 11 is 0. The molecule has 6 nitrogen and oxygen atoms in total. The van der Waals surface area contributed by atoms with Gasteiger partial charge < -0.3 is 20.1 Å². The number of carbonyl (C=O) groups is 2. The minimum Gasteiger partial charge on any atom is -0.405 e. The highest BCUT2D eigenvalue weighted by atomic mass is 16.5. The van der Waals surface area contributed by atoms with E-state index in [0.717, 1.165) is 0 Å². The van der Waals surface area contributed by atoms with E-state index < -0.39 is 0 Å². The Labute approximate surface area is 420 Å². The molecule has 0 fully saturated rings. The fraction of sp³-hybridized carbons (Fsp3) is 0. The second-order valence-corrected chi connectivity index (χ2v) is 4.00. The number of hydrogen-bond donors (Lipinski definition) is 2. The molecule has 0 unspecified atom stereocenters. The molecule has 0 aromatic carbocycles. The lowest BCUT2D eigenvalue weighted by Gasteiger charge is -1.72. The zero-order chi connectivity index (χ0) is 61.6. The summed E-state index contributed by atoms with van der Waals surface area (Å²) in [7, 11) is 0. The van der Waals surface area contributed by atoms with Crippen molar-refractivity contribution in [3.63, 3.8) is 0 Å². The van der Waals surface area contributed by atoms with Crippen molar-refractivity contribution in [3.05, 3.63) is 355 Å². The van der Waals surface area contributed by atoms with Gasteiger partial charge in [-0.2, -0.15) is 0 Å². The van der Waals surface area contributed by atoms with Crippen molar-refractivity contribution in [1.29, 1.82) is 5.41 Å². The zero-order valence-electron chi connectivity index (χ0n) is 42.3. The normalized spacial score (nSPS) is 2.76. The second kappa shape index (κ2) is 1410. The Morgan fingerprint density at radius 1 is 0.338 bits per heavy atom. The van der Waals surface area contributed by atoms with Gasteiger partial charge in [0.15, 0.2) is 6.26 Å². The topological polar surface area (TPSA) is 110 Å². The summed E-state index contributed by atoms with van der Waals surface area (Å²) in [5, 5.41) is 6.31. The summed E-state index contributed by atoms with van der Waals surface area (Å²) in [6, 6.07) is 2.03. The largest absolute Gasteiger partial charge is 0.405 e. The maximum Gasteiger partial charge on any atom is 0.154 e. The van der Waals surface area contributed by atoms with Gasteiger partial charge in [0.25, 0.3) is 0 Å². The standard InChI is InChI=1S/C7H3N.C6H5NO.9C3H4.C2H2O.9C2H4.2CH2O/c1-2-3-4-5-6-7-8;1-2-3-5-8-6-4-7;9*1-3-2;1-2-3;11*1-2/h8H,1H2;5H,1,7H2;9*1-2H2;1H2;9*1-2H2;2*1H2. The van der Waals surface area contributed by atoms with Gasteiger partial charge in [0, 0.05) is 23.4 Å². The van der Waals surface area contributed by atoms with E-state index in [4.69, 9.17) is 25.5 Å². The summed E-state index contributed by atoms with van der Waals surface area (Å²) in [5.74, 6) is 3.11. The number of nitrogens with two attached hydrogens (primary N) is 1. The average molecular weight is 923 g/mol. The molecule has 68 heavy (non-hydrogen) atoms. The molecular formula is C62H86N2O4. The van der Waals surface area contributed by atoms with Crippen molar-refractivity contribution in [3.8, 4) is 12.2 Å². The van der Waals surface area contributed by atoms with Gasteiger partial charge >= 0.3 is 0 Å². The third-order valence-electron chi connectivity index (χ3n) is 0.676. The van der Waals surface area contributed by atoms with Crippen LogP contribution in [0.3, 0.4) is 0 Å². The van der Waals surface area contributed by atoms with Crippen LogP contribution < -0.4 is 5.73 Å². The Kier molecular flexibility index (Phi) is 3210. The number of rotatable bonds is 1. The minimum absolute atomic E-state index is 1.22. The first kappa shape index (κ1) is 155. The maximum atomic E-state index is 8.57. The van der Waals surface area contributed by atoms with Crippen LogP contribution in [0.25, 0.3) is 0 Å². The number of carbonyl (C=O) groups excluding carboxylic acids is 3. The van der Waals surface area contributed by atoms with E-state index in [1.54, 1.807) is 0 Å². The first-order chi connectivity index (χ1) is 33.0. The predicted octanol–water partition coefficient (Wildman–Crippen LogP) is 17.0. The van der Waals surface area contributed by atoms with Gasteiger partial charge in [0.05, 0.1) is 0 Å². The van der Waals surface area contributed by atoms with E-state index >= 15 is 0 Å². The van der Waals surface area contributed by atoms with Crippen molar-refractivity contribution in [2.24, 2.45) is 5.73 Å². The van der Waals surface area contributed by atoms with Crippen LogP contribution in [0.15, 0.2) is 355 Å². The van der Waals surface area contributed by atoms with Crippen LogP contribution in [0.2, 0.25) is 0 Å². The Morgan fingerprint density at radius 2 is 0.500 bits per heavy atom. The Morgan fingerprint density at radius 3 is 0.618 bits per heavy atom. The summed E-state index contributed by atoms with van der Waals surface area (Å²) < 4.78 is 4.40. The van der Waals surface area contributed by atoms with Crippen molar-refractivity contribution >= 4 is 25.4 Å². The van der Waals surface area contributed by atoms with Crippen LogP contribution in [0.5, 0.6) is 0 Å². The molecule has 6 heteroatoms. The predicted molar refractivity (Wildman–Crippen MR) is 321 cm³/mol. The smallest absolute Gasteiger partial charge is 0.154 e. The van der Waals surface area contributed by atoms with Crippen molar-refractivity contribution < 1.29 is 19.1 Å².